The van der Waals surface area contributed by atoms with Crippen LogP contribution in [0.2, 0.25) is 0 Å². The summed E-state index contributed by atoms with van der Waals surface area (Å²) in [6, 6.07) is 5.70. The Morgan fingerprint density at radius 1 is 1.07 bits per heavy atom. The number of hydrogen-bond donors (Lipinski definition) is 0. The van der Waals surface area contributed by atoms with E-state index in [1.54, 1.807) is 21.9 Å². The Morgan fingerprint density at radius 3 is 2.43 bits per heavy atom. The third kappa shape index (κ3) is 3.87. The number of hydrogen-bond acceptors (Lipinski definition) is 3. The molecule has 8 heteroatoms. The van der Waals surface area contributed by atoms with E-state index in [4.69, 9.17) is 0 Å². The minimum Gasteiger partial charge on any atom is -0.338 e. The fraction of sp³-hybridized carbons (Fsp3) is 0.500. The smallest absolute Gasteiger partial charge is 0.338 e. The highest BCUT2D eigenvalue weighted by atomic mass is 19.4. The van der Waals surface area contributed by atoms with Crippen LogP contribution in [0.4, 0.5) is 13.2 Å². The van der Waals surface area contributed by atoms with Gasteiger partial charge in [0.1, 0.15) is 5.71 Å². The summed E-state index contributed by atoms with van der Waals surface area (Å²) in [4.78, 5) is 32.6. The average molecular weight is 419 g/mol. The summed E-state index contributed by atoms with van der Waals surface area (Å²) >= 11 is 0. The van der Waals surface area contributed by atoms with Gasteiger partial charge in [-0.15, -0.1) is 0 Å². The molecule has 160 valence electrons. The van der Waals surface area contributed by atoms with E-state index in [0.29, 0.717) is 56.8 Å². The molecule has 1 aromatic carbocycles. The highest BCUT2D eigenvalue weighted by molar-refractivity contribution is 6.46. The van der Waals surface area contributed by atoms with Crippen LogP contribution in [0.1, 0.15) is 43.2 Å². The Labute approximate surface area is 173 Å². The fourth-order valence-electron chi connectivity index (χ4n) is 4.61. The molecule has 3 heterocycles. The number of amides is 2. The van der Waals surface area contributed by atoms with Crippen molar-refractivity contribution in [2.75, 3.05) is 32.7 Å². The van der Waals surface area contributed by atoms with Crippen LogP contribution in [0, 0.1) is 0 Å². The number of carbonyl (C=O) groups excluding carboxylic acids is 2. The molecule has 1 saturated heterocycles. The molecule has 5 nitrogen and oxygen atoms in total. The van der Waals surface area contributed by atoms with Crippen LogP contribution in [0.25, 0.3) is 0 Å². The number of likely N-dealkylation sites (tertiary alicyclic amines) is 1. The molecule has 3 aliphatic heterocycles. The van der Waals surface area contributed by atoms with Crippen molar-refractivity contribution < 1.29 is 22.8 Å². The molecule has 4 rings (SSSR count). The van der Waals surface area contributed by atoms with Crippen molar-refractivity contribution in [2.24, 2.45) is 4.99 Å². The molecule has 2 amide bonds. The largest absolute Gasteiger partial charge is 0.416 e. The molecule has 3 aliphatic rings. The molecule has 30 heavy (non-hydrogen) atoms. The SMILES string of the molecule is CC(=O)N1CCC2=C(C1)C(C(=O)N1CCC(c3ccccc3C(F)(F)F)CC1)=NC2. The van der Waals surface area contributed by atoms with Crippen molar-refractivity contribution in [1.29, 1.82) is 0 Å². The van der Waals surface area contributed by atoms with Crippen molar-refractivity contribution in [3.63, 3.8) is 0 Å². The van der Waals surface area contributed by atoms with Crippen molar-refractivity contribution in [1.82, 2.24) is 9.80 Å². The van der Waals surface area contributed by atoms with Gasteiger partial charge in [-0.1, -0.05) is 18.2 Å². The molecule has 0 unspecified atom stereocenters. The summed E-state index contributed by atoms with van der Waals surface area (Å²) in [5.74, 6) is -0.424. The number of piperidine rings is 1. The average Bonchev–Trinajstić information content (AvgIpc) is 3.16. The van der Waals surface area contributed by atoms with Gasteiger partial charge in [-0.05, 0) is 42.4 Å². The van der Waals surface area contributed by atoms with Crippen LogP contribution in [-0.4, -0.2) is 60.0 Å². The molecular weight excluding hydrogens is 395 g/mol. The summed E-state index contributed by atoms with van der Waals surface area (Å²) in [6.45, 7) is 3.86. The van der Waals surface area contributed by atoms with Gasteiger partial charge >= 0.3 is 6.18 Å². The van der Waals surface area contributed by atoms with Gasteiger partial charge in [0.15, 0.2) is 0 Å². The van der Waals surface area contributed by atoms with Crippen molar-refractivity contribution in [2.45, 2.75) is 38.3 Å². The molecule has 1 aromatic rings. The maximum absolute atomic E-state index is 13.3. The zero-order valence-corrected chi connectivity index (χ0v) is 16.8. The highest BCUT2D eigenvalue weighted by Crippen LogP contribution is 2.38. The lowest BCUT2D eigenvalue weighted by molar-refractivity contribution is -0.138. The number of carbonyl (C=O) groups is 2. The van der Waals surface area contributed by atoms with E-state index in [9.17, 15) is 22.8 Å². The molecule has 0 saturated carbocycles. The van der Waals surface area contributed by atoms with Crippen molar-refractivity contribution in [3.05, 3.63) is 46.5 Å². The first kappa shape index (κ1) is 20.6. The van der Waals surface area contributed by atoms with Crippen molar-refractivity contribution in [3.8, 4) is 0 Å². The van der Waals surface area contributed by atoms with Crippen LogP contribution in [-0.2, 0) is 15.8 Å². The first-order chi connectivity index (χ1) is 14.3. The number of nitrogens with zero attached hydrogens (tertiary/aromatic N) is 3. The standard InChI is InChI=1S/C22H24F3N3O2/c1-14(29)28-11-8-16-12-26-20(18(16)13-28)21(30)27-9-6-15(7-10-27)17-4-2-3-5-19(17)22(23,24)25/h2-5,15H,6-13H2,1H3. The molecule has 0 radical (unpaired) electrons. The molecule has 1 fully saturated rings. The second-order valence-electron chi connectivity index (χ2n) is 8.09. The molecule has 0 atom stereocenters. The Morgan fingerprint density at radius 2 is 1.77 bits per heavy atom. The molecule has 0 aliphatic carbocycles. The van der Waals surface area contributed by atoms with E-state index in [-0.39, 0.29) is 17.7 Å². The van der Waals surface area contributed by atoms with Gasteiger partial charge in [0.05, 0.1) is 12.1 Å². The van der Waals surface area contributed by atoms with Gasteiger partial charge in [0.2, 0.25) is 5.91 Å². The summed E-state index contributed by atoms with van der Waals surface area (Å²) in [5, 5.41) is 0. The number of benzene rings is 1. The monoisotopic (exact) mass is 419 g/mol. The minimum absolute atomic E-state index is 0.0237. The molecule has 0 spiro atoms. The Kier molecular flexibility index (Phi) is 5.42. The van der Waals surface area contributed by atoms with E-state index in [0.717, 1.165) is 23.6 Å². The van der Waals surface area contributed by atoms with Gasteiger partial charge in [-0.3, -0.25) is 14.6 Å². The lowest BCUT2D eigenvalue weighted by Crippen LogP contribution is -2.44. The van der Waals surface area contributed by atoms with Crippen LogP contribution >= 0.6 is 0 Å². The summed E-state index contributed by atoms with van der Waals surface area (Å²) in [7, 11) is 0. The molecular formula is C22H24F3N3O2. The zero-order chi connectivity index (χ0) is 21.5. The van der Waals surface area contributed by atoms with Gasteiger partial charge in [0.25, 0.3) is 5.91 Å². The molecule has 0 aromatic heterocycles. The van der Waals surface area contributed by atoms with Crippen LogP contribution in [0.3, 0.4) is 0 Å². The first-order valence-corrected chi connectivity index (χ1v) is 10.2. The Bertz CT molecular complexity index is 928. The zero-order valence-electron chi connectivity index (χ0n) is 16.8. The second kappa shape index (κ2) is 7.89. The topological polar surface area (TPSA) is 53.0 Å². The number of aliphatic imine (C=N–C) groups is 1. The van der Waals surface area contributed by atoms with Crippen LogP contribution in [0.5, 0.6) is 0 Å². The summed E-state index contributed by atoms with van der Waals surface area (Å²) in [5.41, 5.74) is 2.11. The third-order valence-electron chi connectivity index (χ3n) is 6.31. The van der Waals surface area contributed by atoms with Gasteiger partial charge in [-0.2, -0.15) is 13.2 Å². The fourth-order valence-corrected chi connectivity index (χ4v) is 4.61. The van der Waals surface area contributed by atoms with Gasteiger partial charge in [0, 0.05) is 38.7 Å². The van der Waals surface area contributed by atoms with Gasteiger partial charge < -0.3 is 9.80 Å². The van der Waals surface area contributed by atoms with E-state index < -0.39 is 11.7 Å². The molecule has 0 N–H and O–H groups in total. The Balaban J connectivity index is 1.44. The number of alkyl halides is 3. The Hall–Kier alpha value is -2.64. The predicted molar refractivity (Wildman–Crippen MR) is 106 cm³/mol. The van der Waals surface area contributed by atoms with Crippen LogP contribution < -0.4 is 0 Å². The van der Waals surface area contributed by atoms with E-state index in [1.807, 2.05) is 0 Å². The molecule has 0 bridgehead atoms. The lowest BCUT2D eigenvalue weighted by atomic mass is 9.86. The normalized spacial score (nSPS) is 20.3. The first-order valence-electron chi connectivity index (χ1n) is 10.2. The minimum atomic E-state index is -4.38. The highest BCUT2D eigenvalue weighted by Gasteiger charge is 2.37. The van der Waals surface area contributed by atoms with E-state index in [1.165, 1.54) is 13.0 Å². The number of halogens is 3. The maximum Gasteiger partial charge on any atom is 0.416 e. The van der Waals surface area contributed by atoms with Crippen LogP contribution in [0.15, 0.2) is 40.4 Å². The van der Waals surface area contributed by atoms with E-state index in [2.05, 4.69) is 4.99 Å². The van der Waals surface area contributed by atoms with Crippen molar-refractivity contribution >= 4 is 17.5 Å². The lowest BCUT2D eigenvalue weighted by Gasteiger charge is -2.34. The summed E-state index contributed by atoms with van der Waals surface area (Å²) < 4.78 is 40.0. The predicted octanol–water partition coefficient (Wildman–Crippen LogP) is 3.41. The third-order valence-corrected chi connectivity index (χ3v) is 6.31. The second-order valence-corrected chi connectivity index (χ2v) is 8.09. The van der Waals surface area contributed by atoms with E-state index >= 15 is 0 Å². The quantitative estimate of drug-likeness (QED) is 0.738. The summed E-state index contributed by atoms with van der Waals surface area (Å²) in [6.07, 6.45) is -2.69. The number of rotatable bonds is 2. The maximum atomic E-state index is 13.3. The van der Waals surface area contributed by atoms with Gasteiger partial charge in [-0.25, -0.2) is 0 Å².